The Kier molecular flexibility index (Phi) is 5.93. The fraction of sp³-hybridized carbons (Fsp3) is 0.684. The Balaban J connectivity index is 2.03. The molecule has 1 aliphatic carbocycles. The molecule has 0 aromatic heterocycles. The van der Waals surface area contributed by atoms with Gasteiger partial charge in [-0.15, -0.1) is 0 Å². The van der Waals surface area contributed by atoms with Gasteiger partial charge in [-0.1, -0.05) is 56.4 Å². The predicted octanol–water partition coefficient (Wildman–Crippen LogP) is 3.06. The third-order valence-corrected chi connectivity index (χ3v) is 5.36. The number of aliphatic hydroxyl groups is 1. The van der Waals surface area contributed by atoms with Gasteiger partial charge in [-0.3, -0.25) is 0 Å². The molecule has 0 saturated heterocycles. The molecule has 0 heterocycles. The normalized spacial score (nSPS) is 17.3. The molecule has 1 aromatic carbocycles. The molecule has 0 aliphatic heterocycles. The van der Waals surface area contributed by atoms with E-state index in [1.54, 1.807) is 27.7 Å². The summed E-state index contributed by atoms with van der Waals surface area (Å²) >= 11 is 0. The predicted molar refractivity (Wildman–Crippen MR) is 95.8 cm³/mol. The molecule has 1 aromatic rings. The second kappa shape index (κ2) is 7.37. The summed E-state index contributed by atoms with van der Waals surface area (Å²) in [7, 11) is -1.03. The highest BCUT2D eigenvalue weighted by atomic mass is 16.5. The molecule has 0 bridgehead atoms. The number of hydrogen-bond acceptors (Lipinski definition) is 3. The van der Waals surface area contributed by atoms with Crippen molar-refractivity contribution in [3.05, 3.63) is 29.8 Å². The van der Waals surface area contributed by atoms with E-state index in [9.17, 15) is 10.1 Å². The molecule has 0 amide bonds. The van der Waals surface area contributed by atoms with Crippen LogP contribution < -0.4 is 5.46 Å². The Morgan fingerprint density at radius 3 is 2.39 bits per heavy atom. The van der Waals surface area contributed by atoms with Crippen LogP contribution in [-0.4, -0.2) is 28.5 Å². The van der Waals surface area contributed by atoms with Crippen molar-refractivity contribution >= 4 is 12.6 Å². The van der Waals surface area contributed by atoms with E-state index in [2.05, 4.69) is 6.07 Å². The van der Waals surface area contributed by atoms with E-state index < -0.39 is 18.3 Å². The lowest BCUT2D eigenvalue weighted by Gasteiger charge is -2.38. The number of rotatable bonds is 6. The molecule has 4 heteroatoms. The average molecular weight is 318 g/mol. The van der Waals surface area contributed by atoms with Crippen molar-refractivity contribution in [1.82, 2.24) is 0 Å². The van der Waals surface area contributed by atoms with E-state index in [-0.39, 0.29) is 0 Å². The topological polar surface area (TPSA) is 49.7 Å². The Labute approximate surface area is 141 Å². The van der Waals surface area contributed by atoms with Gasteiger partial charge in [0.05, 0.1) is 11.2 Å². The minimum Gasteiger partial charge on any atom is -0.423 e. The maximum absolute atomic E-state index is 10.4. The summed E-state index contributed by atoms with van der Waals surface area (Å²) in [4.78, 5) is 0. The summed E-state index contributed by atoms with van der Waals surface area (Å²) < 4.78 is 5.74. The van der Waals surface area contributed by atoms with Crippen molar-refractivity contribution in [1.29, 1.82) is 0 Å². The van der Waals surface area contributed by atoms with Gasteiger partial charge in [0.25, 0.3) is 0 Å². The lowest BCUT2D eigenvalue weighted by Crippen LogP contribution is -2.53. The molecular weight excluding hydrogens is 287 g/mol. The molecule has 2 N–H and O–H groups in total. The van der Waals surface area contributed by atoms with Crippen molar-refractivity contribution < 1.29 is 14.8 Å². The molecule has 1 aliphatic rings. The summed E-state index contributed by atoms with van der Waals surface area (Å²) in [6.45, 7) is 6.97. The molecule has 128 valence electrons. The second-order valence-corrected chi connectivity index (χ2v) is 7.99. The molecule has 1 fully saturated rings. The highest BCUT2D eigenvalue weighted by molar-refractivity contribution is 6.60. The van der Waals surface area contributed by atoms with Gasteiger partial charge in [0, 0.05) is 0 Å². The fourth-order valence-corrected chi connectivity index (χ4v) is 3.09. The van der Waals surface area contributed by atoms with Crippen molar-refractivity contribution in [2.24, 2.45) is 5.92 Å². The molecule has 0 spiro atoms. The van der Waals surface area contributed by atoms with E-state index in [4.69, 9.17) is 4.65 Å². The first-order valence-corrected chi connectivity index (χ1v) is 8.86. The van der Waals surface area contributed by atoms with Crippen LogP contribution in [0.15, 0.2) is 24.3 Å². The first-order valence-electron chi connectivity index (χ1n) is 8.86. The van der Waals surface area contributed by atoms with Crippen LogP contribution in [0, 0.1) is 5.92 Å². The van der Waals surface area contributed by atoms with E-state index >= 15 is 0 Å². The van der Waals surface area contributed by atoms with Crippen molar-refractivity contribution in [2.45, 2.75) is 77.4 Å². The van der Waals surface area contributed by atoms with Crippen LogP contribution in [0.1, 0.15) is 65.4 Å². The fourth-order valence-electron chi connectivity index (χ4n) is 3.09. The maximum Gasteiger partial charge on any atom is 0.491 e. The molecule has 0 unspecified atom stereocenters. The third-order valence-electron chi connectivity index (χ3n) is 5.36. The largest absolute Gasteiger partial charge is 0.491 e. The van der Waals surface area contributed by atoms with Crippen molar-refractivity contribution in [3.63, 3.8) is 0 Å². The standard InChI is InChI=1S/C19H31BO3/c1-18(2,21)19(3,4)23-20(22)17-12-8-11-16(14-17)13-15-9-6-5-7-10-15/h8,11-12,14-15,21-22H,5-7,9-10,13H2,1-4H3. The summed E-state index contributed by atoms with van der Waals surface area (Å²) in [5.41, 5.74) is 0.146. The van der Waals surface area contributed by atoms with Crippen LogP contribution >= 0.6 is 0 Å². The van der Waals surface area contributed by atoms with Crippen LogP contribution in [0.3, 0.4) is 0 Å². The first-order chi connectivity index (χ1) is 10.7. The van der Waals surface area contributed by atoms with Gasteiger partial charge in [-0.25, -0.2) is 0 Å². The van der Waals surface area contributed by atoms with Crippen molar-refractivity contribution in [3.8, 4) is 0 Å². The molecule has 3 nitrogen and oxygen atoms in total. The lowest BCUT2D eigenvalue weighted by atomic mass is 9.75. The average Bonchev–Trinajstić information content (AvgIpc) is 2.47. The Morgan fingerprint density at radius 1 is 1.13 bits per heavy atom. The zero-order valence-electron chi connectivity index (χ0n) is 15.0. The number of benzene rings is 1. The van der Waals surface area contributed by atoms with Gasteiger partial charge < -0.3 is 14.8 Å². The molecule has 0 atom stereocenters. The summed E-state index contributed by atoms with van der Waals surface area (Å²) in [5.74, 6) is 0.768. The highest BCUT2D eigenvalue weighted by Gasteiger charge is 2.39. The summed E-state index contributed by atoms with van der Waals surface area (Å²) in [5, 5.41) is 20.6. The zero-order chi connectivity index (χ0) is 17.1. The third kappa shape index (κ3) is 5.07. The van der Waals surface area contributed by atoms with Crippen LogP contribution in [0.25, 0.3) is 0 Å². The van der Waals surface area contributed by atoms with Gasteiger partial charge in [0.15, 0.2) is 0 Å². The molecule has 23 heavy (non-hydrogen) atoms. The minimum absolute atomic E-state index is 0.760. The van der Waals surface area contributed by atoms with E-state index in [0.717, 1.165) is 17.8 Å². The lowest BCUT2D eigenvalue weighted by molar-refractivity contribution is -0.0982. The van der Waals surface area contributed by atoms with Crippen LogP contribution in [0.2, 0.25) is 0 Å². The van der Waals surface area contributed by atoms with Crippen LogP contribution in [-0.2, 0) is 11.1 Å². The first kappa shape index (κ1) is 18.5. The van der Waals surface area contributed by atoms with E-state index in [0.29, 0.717) is 0 Å². The second-order valence-electron chi connectivity index (χ2n) is 7.99. The van der Waals surface area contributed by atoms with E-state index in [1.807, 2.05) is 18.2 Å². The van der Waals surface area contributed by atoms with Crippen LogP contribution in [0.4, 0.5) is 0 Å². The Morgan fingerprint density at radius 2 is 1.78 bits per heavy atom. The van der Waals surface area contributed by atoms with Crippen LogP contribution in [0.5, 0.6) is 0 Å². The zero-order valence-corrected chi connectivity index (χ0v) is 15.0. The minimum atomic E-state index is -1.03. The van der Waals surface area contributed by atoms with Crippen molar-refractivity contribution in [2.75, 3.05) is 0 Å². The quantitative estimate of drug-likeness (QED) is 0.793. The molecule has 0 radical (unpaired) electrons. The van der Waals surface area contributed by atoms with Gasteiger partial charge >= 0.3 is 7.12 Å². The molecule has 2 rings (SSSR count). The molecular formula is C19H31BO3. The Bertz CT molecular complexity index is 502. The SMILES string of the molecule is CC(C)(O)C(C)(C)OB(O)c1cccc(CC2CCCCC2)c1. The van der Waals surface area contributed by atoms with Gasteiger partial charge in [0.2, 0.25) is 0 Å². The smallest absolute Gasteiger partial charge is 0.423 e. The number of hydrogen-bond donors (Lipinski definition) is 2. The van der Waals surface area contributed by atoms with Gasteiger partial charge in [-0.05, 0) is 51.1 Å². The summed E-state index contributed by atoms with van der Waals surface area (Å²) in [6.07, 6.45) is 7.76. The summed E-state index contributed by atoms with van der Waals surface area (Å²) in [6, 6.07) is 8.04. The van der Waals surface area contributed by atoms with Gasteiger partial charge in [-0.2, -0.15) is 0 Å². The highest BCUT2D eigenvalue weighted by Crippen LogP contribution is 2.27. The van der Waals surface area contributed by atoms with Gasteiger partial charge in [0.1, 0.15) is 0 Å². The monoisotopic (exact) mass is 318 g/mol. The van der Waals surface area contributed by atoms with E-state index in [1.165, 1.54) is 37.7 Å². The Hall–Kier alpha value is -0.835. The maximum atomic E-state index is 10.4. The molecule has 1 saturated carbocycles.